The molecule has 0 saturated heterocycles. The van der Waals surface area contributed by atoms with Gasteiger partial charge in [0.1, 0.15) is 12.1 Å². The van der Waals surface area contributed by atoms with E-state index in [0.29, 0.717) is 11.3 Å². The number of aromatic nitrogens is 1. The molecule has 70 valence electrons. The summed E-state index contributed by atoms with van der Waals surface area (Å²) < 4.78 is 0. The van der Waals surface area contributed by atoms with E-state index in [-0.39, 0.29) is 0 Å². The third-order valence-corrected chi connectivity index (χ3v) is 2.78. The number of pyridine rings is 1. The van der Waals surface area contributed by atoms with Crippen molar-refractivity contribution in [1.29, 1.82) is 10.5 Å². The number of hydrogen-bond acceptors (Lipinski definition) is 4. The van der Waals surface area contributed by atoms with Crippen molar-refractivity contribution in [2.75, 3.05) is 5.75 Å². The quantitative estimate of drug-likeness (QED) is 0.707. The highest BCUT2D eigenvalue weighted by Gasteiger charge is 2.04. The highest BCUT2D eigenvalue weighted by atomic mass is 32.2. The molecule has 4 heteroatoms. The van der Waals surface area contributed by atoms with Gasteiger partial charge in [0.05, 0.1) is 5.56 Å². The van der Waals surface area contributed by atoms with Crippen molar-refractivity contribution in [3.63, 3.8) is 0 Å². The molecule has 0 radical (unpaired) electrons. The Kier molecular flexibility index (Phi) is 3.97. The smallest absolute Gasteiger partial charge is 0.154 e. The van der Waals surface area contributed by atoms with E-state index in [1.165, 1.54) is 6.20 Å². The van der Waals surface area contributed by atoms with Crippen LogP contribution in [0.1, 0.15) is 24.6 Å². The molecule has 0 fully saturated rings. The molecule has 1 aromatic heterocycles. The zero-order chi connectivity index (χ0) is 10.4. The molecular weight excluding hydrogens is 194 g/mol. The summed E-state index contributed by atoms with van der Waals surface area (Å²) in [5.41, 5.74) is 0.907. The highest BCUT2D eigenvalue weighted by molar-refractivity contribution is 7.99. The minimum absolute atomic E-state index is 0.405. The summed E-state index contributed by atoms with van der Waals surface area (Å²) in [6.45, 7) is 2.07. The Labute approximate surface area is 87.4 Å². The molecule has 0 spiro atoms. The van der Waals surface area contributed by atoms with Crippen molar-refractivity contribution < 1.29 is 0 Å². The van der Waals surface area contributed by atoms with Gasteiger partial charge < -0.3 is 0 Å². The van der Waals surface area contributed by atoms with Gasteiger partial charge in [-0.25, -0.2) is 4.98 Å². The van der Waals surface area contributed by atoms with E-state index in [1.807, 2.05) is 12.1 Å². The number of rotatable bonds is 3. The van der Waals surface area contributed by atoms with Crippen LogP contribution in [0, 0.1) is 22.7 Å². The molecule has 0 amide bonds. The minimum atomic E-state index is 0.405. The Morgan fingerprint density at radius 1 is 1.43 bits per heavy atom. The monoisotopic (exact) mass is 203 g/mol. The van der Waals surface area contributed by atoms with Crippen LogP contribution in [0.25, 0.3) is 0 Å². The molecule has 1 aromatic rings. The summed E-state index contributed by atoms with van der Waals surface area (Å²) in [5, 5.41) is 17.4. The molecule has 1 heterocycles. The molecular formula is C10H9N3S. The van der Waals surface area contributed by atoms with Crippen LogP contribution in [0.15, 0.2) is 17.2 Å². The van der Waals surface area contributed by atoms with Crippen LogP contribution in [0.2, 0.25) is 0 Å². The Morgan fingerprint density at radius 2 is 2.21 bits per heavy atom. The Bertz CT molecular complexity index is 401. The largest absolute Gasteiger partial charge is 0.243 e. The first-order valence-electron chi connectivity index (χ1n) is 4.24. The fraction of sp³-hybridized carbons (Fsp3) is 0.300. The van der Waals surface area contributed by atoms with E-state index >= 15 is 0 Å². The van der Waals surface area contributed by atoms with Gasteiger partial charge in [0.15, 0.2) is 5.69 Å². The number of nitrogens with zero attached hydrogens (tertiary/aromatic N) is 3. The van der Waals surface area contributed by atoms with Crippen LogP contribution in [-0.2, 0) is 0 Å². The zero-order valence-corrected chi connectivity index (χ0v) is 8.64. The summed E-state index contributed by atoms with van der Waals surface area (Å²) in [7, 11) is 0. The molecule has 3 nitrogen and oxygen atoms in total. The third-order valence-electron chi connectivity index (χ3n) is 1.55. The highest BCUT2D eigenvalue weighted by Crippen LogP contribution is 2.22. The lowest BCUT2D eigenvalue weighted by atomic mass is 10.3. The van der Waals surface area contributed by atoms with Gasteiger partial charge in [-0.05, 0) is 18.2 Å². The number of thioether (sulfide) groups is 1. The Hall–Kier alpha value is -1.52. The maximum Gasteiger partial charge on any atom is 0.154 e. The average molecular weight is 203 g/mol. The fourth-order valence-electron chi connectivity index (χ4n) is 0.912. The second kappa shape index (κ2) is 5.26. The van der Waals surface area contributed by atoms with Gasteiger partial charge in [0.2, 0.25) is 0 Å². The lowest BCUT2D eigenvalue weighted by molar-refractivity contribution is 1.10. The second-order valence-corrected chi connectivity index (χ2v) is 3.78. The third kappa shape index (κ3) is 2.48. The van der Waals surface area contributed by atoms with E-state index < -0.39 is 0 Å². The molecule has 14 heavy (non-hydrogen) atoms. The standard InChI is InChI=1S/C10H9N3S/c1-2-3-14-10-4-8(5-11)7-13-9(10)6-12/h4,7H,2-3H2,1H3. The minimum Gasteiger partial charge on any atom is -0.243 e. The predicted molar refractivity (Wildman–Crippen MR) is 54.7 cm³/mol. The van der Waals surface area contributed by atoms with Gasteiger partial charge in [0, 0.05) is 11.1 Å². The van der Waals surface area contributed by atoms with E-state index in [2.05, 4.69) is 11.9 Å². The topological polar surface area (TPSA) is 60.5 Å². The Balaban J connectivity index is 2.99. The predicted octanol–water partition coefficient (Wildman–Crippen LogP) is 2.33. The molecule has 0 aliphatic heterocycles. The van der Waals surface area contributed by atoms with Crippen molar-refractivity contribution in [3.05, 3.63) is 23.5 Å². The molecule has 0 aliphatic rings. The van der Waals surface area contributed by atoms with Crippen molar-refractivity contribution in [1.82, 2.24) is 4.98 Å². The summed E-state index contributed by atoms with van der Waals surface area (Å²) in [6, 6.07) is 5.74. The van der Waals surface area contributed by atoms with E-state index in [0.717, 1.165) is 17.1 Å². The SMILES string of the molecule is CCCSc1cc(C#N)cnc1C#N. The molecule has 0 bridgehead atoms. The van der Waals surface area contributed by atoms with Gasteiger partial charge in [0.25, 0.3) is 0 Å². The molecule has 0 aromatic carbocycles. The normalized spacial score (nSPS) is 9.07. The summed E-state index contributed by atoms with van der Waals surface area (Å²) in [4.78, 5) is 4.72. The van der Waals surface area contributed by atoms with Gasteiger partial charge in [-0.1, -0.05) is 6.92 Å². The van der Waals surface area contributed by atoms with Crippen LogP contribution in [0.4, 0.5) is 0 Å². The second-order valence-electron chi connectivity index (χ2n) is 2.64. The van der Waals surface area contributed by atoms with Gasteiger partial charge in [-0.3, -0.25) is 0 Å². The molecule has 0 N–H and O–H groups in total. The summed E-state index contributed by atoms with van der Waals surface area (Å²) in [5.74, 6) is 0.936. The first kappa shape index (κ1) is 10.6. The van der Waals surface area contributed by atoms with Crippen molar-refractivity contribution in [3.8, 4) is 12.1 Å². The Morgan fingerprint density at radius 3 is 2.79 bits per heavy atom. The van der Waals surface area contributed by atoms with Crippen LogP contribution in [0.5, 0.6) is 0 Å². The first-order chi connectivity index (χ1) is 6.81. The molecule has 0 atom stereocenters. The number of hydrogen-bond donors (Lipinski definition) is 0. The van der Waals surface area contributed by atoms with Gasteiger partial charge in [-0.15, -0.1) is 11.8 Å². The van der Waals surface area contributed by atoms with E-state index in [9.17, 15) is 0 Å². The number of nitriles is 2. The van der Waals surface area contributed by atoms with E-state index in [4.69, 9.17) is 10.5 Å². The molecule has 0 unspecified atom stereocenters. The molecule has 0 saturated carbocycles. The maximum atomic E-state index is 8.77. The lowest BCUT2D eigenvalue weighted by Crippen LogP contribution is -1.89. The van der Waals surface area contributed by atoms with E-state index in [1.54, 1.807) is 17.8 Å². The van der Waals surface area contributed by atoms with Crippen LogP contribution in [0.3, 0.4) is 0 Å². The van der Waals surface area contributed by atoms with Gasteiger partial charge in [-0.2, -0.15) is 10.5 Å². The molecule has 0 aliphatic carbocycles. The molecule has 1 rings (SSSR count). The fourth-order valence-corrected chi connectivity index (χ4v) is 1.78. The van der Waals surface area contributed by atoms with Gasteiger partial charge >= 0.3 is 0 Å². The maximum absolute atomic E-state index is 8.77. The zero-order valence-electron chi connectivity index (χ0n) is 7.82. The average Bonchev–Trinajstić information content (AvgIpc) is 2.25. The van der Waals surface area contributed by atoms with Crippen LogP contribution >= 0.6 is 11.8 Å². The van der Waals surface area contributed by atoms with Crippen LogP contribution < -0.4 is 0 Å². The van der Waals surface area contributed by atoms with Crippen molar-refractivity contribution >= 4 is 11.8 Å². The van der Waals surface area contributed by atoms with Crippen molar-refractivity contribution in [2.24, 2.45) is 0 Å². The lowest BCUT2D eigenvalue weighted by Gasteiger charge is -2.01. The van der Waals surface area contributed by atoms with Crippen molar-refractivity contribution in [2.45, 2.75) is 18.2 Å². The van der Waals surface area contributed by atoms with Crippen LogP contribution in [-0.4, -0.2) is 10.7 Å². The summed E-state index contributed by atoms with van der Waals surface area (Å²) in [6.07, 6.45) is 2.46. The summed E-state index contributed by atoms with van der Waals surface area (Å²) >= 11 is 1.57. The first-order valence-corrected chi connectivity index (χ1v) is 5.23.